The molecule has 0 heterocycles. The molecule has 5 nitrogen and oxygen atoms in total. The van der Waals surface area contributed by atoms with Crippen molar-refractivity contribution in [1.82, 2.24) is 5.32 Å². The average molecular weight is 360 g/mol. The third-order valence-corrected chi connectivity index (χ3v) is 3.18. The largest absolute Gasteiger partial charge is 0.463 e. The summed E-state index contributed by atoms with van der Waals surface area (Å²) in [6.07, 6.45) is -3.63. The number of halogens is 3. The minimum absolute atomic E-state index is 0.0302. The molecule has 0 saturated carbocycles. The molecule has 1 rings (SSSR count). The number of nitrogens with zero attached hydrogens (tertiary/aromatic N) is 1. The SMILES string of the molecule is COCCOC(=NCCC(C)C)NC(=O)c1ccc(C(F)(F)F)cc1. The molecule has 1 aromatic rings. The van der Waals surface area contributed by atoms with E-state index in [1.165, 1.54) is 7.11 Å². The monoisotopic (exact) mass is 360 g/mol. The summed E-state index contributed by atoms with van der Waals surface area (Å²) < 4.78 is 47.9. The van der Waals surface area contributed by atoms with E-state index in [1.807, 2.05) is 13.8 Å². The van der Waals surface area contributed by atoms with Gasteiger partial charge >= 0.3 is 6.18 Å². The van der Waals surface area contributed by atoms with Crippen LogP contribution in [-0.4, -0.2) is 38.8 Å². The van der Waals surface area contributed by atoms with E-state index in [-0.39, 0.29) is 18.2 Å². The van der Waals surface area contributed by atoms with E-state index in [1.54, 1.807) is 0 Å². The van der Waals surface area contributed by atoms with Gasteiger partial charge in [0.15, 0.2) is 0 Å². The summed E-state index contributed by atoms with van der Waals surface area (Å²) in [6, 6.07) is 3.97. The number of alkyl halides is 3. The summed E-state index contributed by atoms with van der Waals surface area (Å²) in [5, 5.41) is 2.48. The van der Waals surface area contributed by atoms with Crippen molar-refractivity contribution in [3.8, 4) is 0 Å². The van der Waals surface area contributed by atoms with E-state index in [2.05, 4.69) is 10.3 Å². The van der Waals surface area contributed by atoms with Crippen LogP contribution in [0.15, 0.2) is 29.3 Å². The number of carbonyl (C=O) groups excluding carboxylic acids is 1. The third-order valence-electron chi connectivity index (χ3n) is 3.18. The molecule has 0 fully saturated rings. The van der Waals surface area contributed by atoms with Crippen LogP contribution in [0, 0.1) is 5.92 Å². The molecule has 0 radical (unpaired) electrons. The molecule has 140 valence electrons. The molecular weight excluding hydrogens is 337 g/mol. The summed E-state index contributed by atoms with van der Waals surface area (Å²) in [5.41, 5.74) is -0.730. The quantitative estimate of drug-likeness (QED) is 0.460. The number of rotatable bonds is 7. The van der Waals surface area contributed by atoms with Gasteiger partial charge in [-0.2, -0.15) is 13.2 Å². The Bertz CT molecular complexity index is 569. The van der Waals surface area contributed by atoms with Gasteiger partial charge in [0, 0.05) is 19.2 Å². The van der Waals surface area contributed by atoms with Crippen LogP contribution in [-0.2, 0) is 15.7 Å². The van der Waals surface area contributed by atoms with Crippen LogP contribution in [0.5, 0.6) is 0 Å². The van der Waals surface area contributed by atoms with Gasteiger partial charge in [0.05, 0.1) is 12.2 Å². The van der Waals surface area contributed by atoms with E-state index in [0.717, 1.165) is 30.7 Å². The van der Waals surface area contributed by atoms with Crippen molar-refractivity contribution in [2.75, 3.05) is 26.9 Å². The summed E-state index contributed by atoms with van der Waals surface area (Å²) in [4.78, 5) is 16.3. The fourth-order valence-corrected chi connectivity index (χ4v) is 1.75. The number of hydrogen-bond acceptors (Lipinski definition) is 4. The maximum atomic E-state index is 12.6. The second-order valence-corrected chi connectivity index (χ2v) is 5.74. The Morgan fingerprint density at radius 3 is 2.36 bits per heavy atom. The summed E-state index contributed by atoms with van der Waals surface area (Å²) >= 11 is 0. The molecule has 0 aliphatic heterocycles. The second kappa shape index (κ2) is 10.0. The van der Waals surface area contributed by atoms with E-state index in [0.29, 0.717) is 19.1 Å². The fraction of sp³-hybridized carbons (Fsp3) is 0.529. The summed E-state index contributed by atoms with van der Waals surface area (Å²) in [5.74, 6) is -0.149. The number of aliphatic imine (C=N–C) groups is 1. The lowest BCUT2D eigenvalue weighted by Crippen LogP contribution is -2.33. The smallest absolute Gasteiger partial charge is 0.416 e. The Hall–Kier alpha value is -2.09. The van der Waals surface area contributed by atoms with Crippen molar-refractivity contribution in [2.45, 2.75) is 26.4 Å². The first-order valence-electron chi connectivity index (χ1n) is 7.88. The van der Waals surface area contributed by atoms with Crippen LogP contribution in [0.3, 0.4) is 0 Å². The van der Waals surface area contributed by atoms with Crippen LogP contribution in [0.25, 0.3) is 0 Å². The minimum atomic E-state index is -4.44. The molecule has 1 aromatic carbocycles. The van der Waals surface area contributed by atoms with Crippen molar-refractivity contribution in [3.05, 3.63) is 35.4 Å². The van der Waals surface area contributed by atoms with Crippen molar-refractivity contribution in [3.63, 3.8) is 0 Å². The summed E-state index contributed by atoms with van der Waals surface area (Å²) in [6.45, 7) is 5.07. The maximum absolute atomic E-state index is 12.6. The van der Waals surface area contributed by atoms with E-state index in [9.17, 15) is 18.0 Å². The Labute approximate surface area is 145 Å². The number of nitrogens with one attached hydrogen (secondary N) is 1. The van der Waals surface area contributed by atoms with Crippen LogP contribution in [0.2, 0.25) is 0 Å². The van der Waals surface area contributed by atoms with Gasteiger partial charge in [-0.3, -0.25) is 10.1 Å². The molecule has 0 spiro atoms. The van der Waals surface area contributed by atoms with E-state index >= 15 is 0 Å². The lowest BCUT2D eigenvalue weighted by atomic mass is 10.1. The first-order chi connectivity index (χ1) is 11.7. The first-order valence-corrected chi connectivity index (χ1v) is 7.88. The predicted octanol–water partition coefficient (Wildman–Crippen LogP) is 3.50. The third kappa shape index (κ3) is 8.02. The normalized spacial score (nSPS) is 12.4. The number of amides is 1. The van der Waals surface area contributed by atoms with Gasteiger partial charge in [-0.1, -0.05) is 13.8 Å². The molecule has 0 unspecified atom stereocenters. The highest BCUT2D eigenvalue weighted by Crippen LogP contribution is 2.29. The Kier molecular flexibility index (Phi) is 8.40. The van der Waals surface area contributed by atoms with Gasteiger partial charge in [0.1, 0.15) is 6.61 Å². The number of benzene rings is 1. The summed E-state index contributed by atoms with van der Waals surface area (Å²) in [7, 11) is 1.51. The van der Waals surface area contributed by atoms with Gasteiger partial charge in [-0.15, -0.1) is 0 Å². The van der Waals surface area contributed by atoms with Crippen LogP contribution >= 0.6 is 0 Å². The Morgan fingerprint density at radius 2 is 1.84 bits per heavy atom. The highest BCUT2D eigenvalue weighted by molar-refractivity contribution is 6.04. The number of ether oxygens (including phenoxy) is 2. The van der Waals surface area contributed by atoms with Gasteiger partial charge in [-0.25, -0.2) is 4.99 Å². The van der Waals surface area contributed by atoms with Crippen LogP contribution < -0.4 is 5.32 Å². The molecule has 0 aliphatic carbocycles. The Morgan fingerprint density at radius 1 is 1.20 bits per heavy atom. The topological polar surface area (TPSA) is 59.9 Å². The highest BCUT2D eigenvalue weighted by atomic mass is 19.4. The molecule has 0 aromatic heterocycles. The second-order valence-electron chi connectivity index (χ2n) is 5.74. The van der Waals surface area contributed by atoms with Crippen LogP contribution in [0.4, 0.5) is 13.2 Å². The van der Waals surface area contributed by atoms with E-state index in [4.69, 9.17) is 9.47 Å². The molecule has 1 amide bonds. The van der Waals surface area contributed by atoms with Crippen LogP contribution in [0.1, 0.15) is 36.2 Å². The van der Waals surface area contributed by atoms with Gasteiger partial charge in [0.2, 0.25) is 0 Å². The highest BCUT2D eigenvalue weighted by Gasteiger charge is 2.30. The zero-order valence-corrected chi connectivity index (χ0v) is 14.5. The lowest BCUT2D eigenvalue weighted by Gasteiger charge is -2.12. The minimum Gasteiger partial charge on any atom is -0.463 e. The molecule has 0 aliphatic rings. The molecule has 0 atom stereocenters. The van der Waals surface area contributed by atoms with E-state index < -0.39 is 17.6 Å². The fourth-order valence-electron chi connectivity index (χ4n) is 1.75. The molecular formula is C17H23F3N2O3. The van der Waals surface area contributed by atoms with Crippen molar-refractivity contribution >= 4 is 11.9 Å². The zero-order chi connectivity index (χ0) is 18.9. The first kappa shape index (κ1) is 21.0. The van der Waals surface area contributed by atoms with Gasteiger partial charge in [0.25, 0.3) is 11.9 Å². The molecule has 0 saturated heterocycles. The number of methoxy groups -OCH3 is 1. The number of amidine groups is 1. The zero-order valence-electron chi connectivity index (χ0n) is 14.5. The number of hydrogen-bond donors (Lipinski definition) is 1. The molecule has 25 heavy (non-hydrogen) atoms. The number of carbonyl (C=O) groups is 1. The lowest BCUT2D eigenvalue weighted by molar-refractivity contribution is -0.137. The molecule has 1 N–H and O–H groups in total. The molecule has 0 bridgehead atoms. The predicted molar refractivity (Wildman–Crippen MR) is 88.5 cm³/mol. The standard InChI is InChI=1S/C17H23F3N2O3/c1-12(2)8-9-21-16(25-11-10-24-3)22-15(23)13-4-6-14(7-5-13)17(18,19)20/h4-7,12H,8-11H2,1-3H3,(H,21,22,23). The van der Waals surface area contributed by atoms with Crippen molar-refractivity contribution in [1.29, 1.82) is 0 Å². The van der Waals surface area contributed by atoms with Gasteiger partial charge < -0.3 is 9.47 Å². The Balaban J connectivity index is 2.75. The van der Waals surface area contributed by atoms with Gasteiger partial charge in [-0.05, 0) is 36.6 Å². The van der Waals surface area contributed by atoms with Crippen molar-refractivity contribution in [2.24, 2.45) is 10.9 Å². The maximum Gasteiger partial charge on any atom is 0.416 e. The average Bonchev–Trinajstić information content (AvgIpc) is 2.53. The van der Waals surface area contributed by atoms with Crippen molar-refractivity contribution < 1.29 is 27.4 Å². The molecule has 8 heteroatoms.